The van der Waals surface area contributed by atoms with E-state index in [1.807, 2.05) is 0 Å². The van der Waals surface area contributed by atoms with Gasteiger partial charge in [-0.2, -0.15) is 18.2 Å². The summed E-state index contributed by atoms with van der Waals surface area (Å²) in [6.07, 6.45) is -6.71. The zero-order chi connectivity index (χ0) is 18.2. The molecule has 0 aliphatic carbocycles. The van der Waals surface area contributed by atoms with Gasteiger partial charge < -0.3 is 13.8 Å². The van der Waals surface area contributed by atoms with Crippen LogP contribution in [-0.4, -0.2) is 30.9 Å². The van der Waals surface area contributed by atoms with Crippen molar-refractivity contribution in [2.24, 2.45) is 4.99 Å². The Bertz CT molecular complexity index is 609. The highest BCUT2D eigenvalue weighted by molar-refractivity contribution is 7.72. The van der Waals surface area contributed by atoms with Gasteiger partial charge in [0.15, 0.2) is 0 Å². The third-order valence-electron chi connectivity index (χ3n) is 2.51. The molecule has 0 N–H and O–H groups in total. The molecule has 0 fully saturated rings. The highest BCUT2D eigenvalue weighted by Crippen LogP contribution is 2.54. The second kappa shape index (κ2) is 8.96. The second-order valence-electron chi connectivity index (χ2n) is 4.31. The highest BCUT2D eigenvalue weighted by atomic mass is 31.2. The number of rotatable bonds is 7. The Kier molecular flexibility index (Phi) is 7.59. The van der Waals surface area contributed by atoms with Gasteiger partial charge in [0.2, 0.25) is 5.45 Å². The van der Waals surface area contributed by atoms with E-state index in [1.165, 1.54) is 13.8 Å². The zero-order valence-electron chi connectivity index (χ0n) is 13.1. The summed E-state index contributed by atoms with van der Waals surface area (Å²) in [6, 6.07) is 8.31. The van der Waals surface area contributed by atoms with Gasteiger partial charge in [-0.25, -0.2) is 4.79 Å². The third-order valence-corrected chi connectivity index (χ3v) is 4.58. The molecule has 24 heavy (non-hydrogen) atoms. The number of hydrogen-bond donors (Lipinski definition) is 0. The summed E-state index contributed by atoms with van der Waals surface area (Å²) in [5.74, 6) is 0. The summed E-state index contributed by atoms with van der Waals surface area (Å²) in [6.45, 7) is 1.78. The van der Waals surface area contributed by atoms with Gasteiger partial charge in [-0.05, 0) is 19.4 Å². The van der Waals surface area contributed by atoms with Gasteiger partial charge >= 0.3 is 19.9 Å². The Morgan fingerprint density at radius 2 is 1.67 bits per heavy atom. The van der Waals surface area contributed by atoms with Crippen LogP contribution in [-0.2, 0) is 25.0 Å². The van der Waals surface area contributed by atoms with Crippen LogP contribution in [0.2, 0.25) is 0 Å². The summed E-state index contributed by atoms with van der Waals surface area (Å²) in [4.78, 5) is 14.4. The summed E-state index contributed by atoms with van der Waals surface area (Å²) in [5, 5.41) is 0. The highest BCUT2D eigenvalue weighted by Gasteiger charge is 2.51. The van der Waals surface area contributed by atoms with Gasteiger partial charge in [-0.15, -0.1) is 0 Å². The van der Waals surface area contributed by atoms with Crippen LogP contribution in [0.3, 0.4) is 0 Å². The Labute approximate surface area is 137 Å². The first-order valence-corrected chi connectivity index (χ1v) is 8.53. The van der Waals surface area contributed by atoms with Crippen molar-refractivity contribution in [3.05, 3.63) is 35.9 Å². The van der Waals surface area contributed by atoms with Crippen LogP contribution in [0.25, 0.3) is 0 Å². The fourth-order valence-corrected chi connectivity index (χ4v) is 3.13. The molecule has 134 valence electrons. The molecule has 0 saturated heterocycles. The Morgan fingerprint density at radius 1 is 1.12 bits per heavy atom. The molecular formula is C14H17F3NO5P. The van der Waals surface area contributed by atoms with E-state index in [0.29, 0.717) is 5.56 Å². The molecule has 1 rings (SSSR count). The molecule has 1 aromatic carbocycles. The lowest BCUT2D eigenvalue weighted by Crippen LogP contribution is -2.26. The maximum absolute atomic E-state index is 13.1. The molecule has 0 saturated carbocycles. The van der Waals surface area contributed by atoms with Crippen molar-refractivity contribution in [3.8, 4) is 0 Å². The molecule has 1 aromatic rings. The van der Waals surface area contributed by atoms with Crippen molar-refractivity contribution in [1.29, 1.82) is 0 Å². The Morgan fingerprint density at radius 3 is 2.12 bits per heavy atom. The number of halogens is 3. The Balaban J connectivity index is 3.00. The summed E-state index contributed by atoms with van der Waals surface area (Å²) in [5.41, 5.74) is -1.37. The number of amides is 1. The van der Waals surface area contributed by atoms with Crippen LogP contribution >= 0.6 is 7.60 Å². The summed E-state index contributed by atoms with van der Waals surface area (Å²) in [7, 11) is -4.78. The van der Waals surface area contributed by atoms with E-state index in [2.05, 4.69) is 18.8 Å². The Hall–Kier alpha value is -1.70. The predicted molar refractivity (Wildman–Crippen MR) is 81.0 cm³/mol. The molecule has 0 spiro atoms. The lowest BCUT2D eigenvalue weighted by atomic mass is 10.2. The first kappa shape index (κ1) is 20.3. The molecule has 0 aromatic heterocycles. The maximum atomic E-state index is 13.1. The summed E-state index contributed by atoms with van der Waals surface area (Å²) < 4.78 is 65.5. The average Bonchev–Trinajstić information content (AvgIpc) is 2.51. The van der Waals surface area contributed by atoms with Gasteiger partial charge in [0.25, 0.3) is 0 Å². The maximum Gasteiger partial charge on any atom is 0.441 e. The predicted octanol–water partition coefficient (Wildman–Crippen LogP) is 4.55. The van der Waals surface area contributed by atoms with E-state index in [1.54, 1.807) is 30.3 Å². The van der Waals surface area contributed by atoms with Gasteiger partial charge in [0.1, 0.15) is 6.61 Å². The quantitative estimate of drug-likeness (QED) is 0.522. The van der Waals surface area contributed by atoms with Crippen LogP contribution in [0.1, 0.15) is 19.4 Å². The number of benzene rings is 1. The van der Waals surface area contributed by atoms with Crippen LogP contribution in [0.15, 0.2) is 35.3 Å². The topological polar surface area (TPSA) is 74.2 Å². The number of nitrogens with zero attached hydrogens (tertiary/aromatic N) is 1. The number of carbonyl (C=O) groups is 1. The molecular weight excluding hydrogens is 350 g/mol. The van der Waals surface area contributed by atoms with Crippen LogP contribution in [0.4, 0.5) is 18.0 Å². The minimum absolute atomic E-state index is 0.276. The zero-order valence-corrected chi connectivity index (χ0v) is 14.0. The van der Waals surface area contributed by atoms with E-state index in [4.69, 9.17) is 0 Å². The number of carbonyl (C=O) groups excluding carboxylic acids is 1. The lowest BCUT2D eigenvalue weighted by Gasteiger charge is -2.20. The van der Waals surface area contributed by atoms with E-state index >= 15 is 0 Å². The van der Waals surface area contributed by atoms with Crippen molar-refractivity contribution >= 4 is 19.1 Å². The van der Waals surface area contributed by atoms with Crippen molar-refractivity contribution in [3.63, 3.8) is 0 Å². The van der Waals surface area contributed by atoms with Gasteiger partial charge in [-0.3, -0.25) is 4.57 Å². The summed E-state index contributed by atoms with van der Waals surface area (Å²) >= 11 is 0. The largest absolute Gasteiger partial charge is 0.443 e. The SMILES string of the molecule is CCOP(=O)(OCC)/C(=N\C(=O)OCc1ccccc1)C(F)(F)F. The van der Waals surface area contributed by atoms with Crippen LogP contribution < -0.4 is 0 Å². The molecule has 6 nitrogen and oxygen atoms in total. The molecule has 0 atom stereocenters. The van der Waals surface area contributed by atoms with Crippen molar-refractivity contribution in [2.45, 2.75) is 26.6 Å². The third kappa shape index (κ3) is 6.07. The first-order chi connectivity index (χ1) is 11.2. The normalized spacial score (nSPS) is 13.0. The van der Waals surface area contributed by atoms with E-state index in [0.717, 1.165) is 0 Å². The minimum Gasteiger partial charge on any atom is -0.443 e. The smallest absolute Gasteiger partial charge is 0.441 e. The van der Waals surface area contributed by atoms with Crippen molar-refractivity contribution < 1.29 is 36.3 Å². The number of aliphatic imine (C=N–C) groups is 1. The molecule has 0 bridgehead atoms. The molecule has 0 aliphatic rings. The number of ether oxygens (including phenoxy) is 1. The number of alkyl halides is 3. The number of hydrogen-bond acceptors (Lipinski definition) is 5. The second-order valence-corrected chi connectivity index (χ2v) is 6.24. The van der Waals surface area contributed by atoms with E-state index in [-0.39, 0.29) is 19.8 Å². The van der Waals surface area contributed by atoms with E-state index < -0.39 is 25.3 Å². The van der Waals surface area contributed by atoms with Gasteiger partial charge in [0.05, 0.1) is 13.2 Å². The standard InChI is InChI=1S/C14H17F3NO5P/c1-3-22-24(20,23-4-2)12(14(15,16)17)18-13(19)21-10-11-8-6-5-7-9-11/h5-9H,3-4,10H2,1-2H3/b18-12-. The van der Waals surface area contributed by atoms with Gasteiger partial charge in [0, 0.05) is 0 Å². The first-order valence-electron chi connectivity index (χ1n) is 6.99. The molecule has 0 heterocycles. The van der Waals surface area contributed by atoms with E-state index in [9.17, 15) is 22.5 Å². The van der Waals surface area contributed by atoms with Crippen molar-refractivity contribution in [1.82, 2.24) is 0 Å². The van der Waals surface area contributed by atoms with Crippen molar-refractivity contribution in [2.75, 3.05) is 13.2 Å². The monoisotopic (exact) mass is 367 g/mol. The molecule has 0 radical (unpaired) electrons. The fourth-order valence-electron chi connectivity index (χ4n) is 1.62. The lowest BCUT2D eigenvalue weighted by molar-refractivity contribution is -0.0575. The van der Waals surface area contributed by atoms with Crippen LogP contribution in [0, 0.1) is 0 Å². The molecule has 1 amide bonds. The fraction of sp³-hybridized carbons (Fsp3) is 0.429. The minimum atomic E-state index is -5.17. The van der Waals surface area contributed by atoms with Gasteiger partial charge in [-0.1, -0.05) is 30.3 Å². The molecule has 0 aliphatic heterocycles. The van der Waals surface area contributed by atoms with Crippen LogP contribution in [0.5, 0.6) is 0 Å². The average molecular weight is 367 g/mol. The molecule has 10 heteroatoms. The molecule has 0 unspecified atom stereocenters.